The quantitative estimate of drug-likeness (QED) is 0.913. The zero-order valence-corrected chi connectivity index (χ0v) is 12.4. The van der Waals surface area contributed by atoms with Crippen molar-refractivity contribution in [3.63, 3.8) is 0 Å². The molecule has 0 aliphatic carbocycles. The van der Waals surface area contributed by atoms with Crippen LogP contribution in [0.1, 0.15) is 35.7 Å². The molecule has 6 heteroatoms. The highest BCUT2D eigenvalue weighted by Gasteiger charge is 2.32. The number of nitrogens with one attached hydrogen (secondary N) is 1. The molecule has 1 aromatic heterocycles. The zero-order chi connectivity index (χ0) is 16.4. The number of carbonyl (C=O) groups is 1. The second-order valence-electron chi connectivity index (χ2n) is 5.75. The van der Waals surface area contributed by atoms with Crippen molar-refractivity contribution < 1.29 is 18.0 Å². The molecule has 23 heavy (non-hydrogen) atoms. The van der Waals surface area contributed by atoms with Gasteiger partial charge in [0.1, 0.15) is 0 Å². The van der Waals surface area contributed by atoms with Crippen LogP contribution in [0.15, 0.2) is 42.6 Å². The number of aromatic amines is 1. The Hall–Kier alpha value is -2.24. The number of halogens is 3. The number of hydrogen-bond donors (Lipinski definition) is 1. The Labute approximate surface area is 132 Å². The highest BCUT2D eigenvalue weighted by molar-refractivity contribution is 5.79. The molecule has 0 spiro atoms. The summed E-state index contributed by atoms with van der Waals surface area (Å²) >= 11 is 0. The lowest BCUT2D eigenvalue weighted by Gasteiger charge is -2.24. The number of aromatic nitrogens is 1. The van der Waals surface area contributed by atoms with Crippen LogP contribution >= 0.6 is 0 Å². The maximum atomic E-state index is 12.8. The molecule has 1 fully saturated rings. The molecule has 0 bridgehead atoms. The molecule has 1 aliphatic rings. The monoisotopic (exact) mass is 322 g/mol. The number of H-pyrrole nitrogens is 1. The Bertz CT molecular complexity index is 679. The largest absolute Gasteiger partial charge is 0.416 e. The maximum Gasteiger partial charge on any atom is 0.416 e. The minimum absolute atomic E-state index is 0.0108. The van der Waals surface area contributed by atoms with E-state index in [-0.39, 0.29) is 18.4 Å². The van der Waals surface area contributed by atoms with E-state index < -0.39 is 11.7 Å². The molecule has 122 valence electrons. The van der Waals surface area contributed by atoms with Crippen molar-refractivity contribution in [2.75, 3.05) is 6.54 Å². The highest BCUT2D eigenvalue weighted by atomic mass is 19.4. The number of nitrogens with zero attached hydrogens (tertiary/aromatic N) is 1. The second kappa shape index (κ2) is 6.10. The van der Waals surface area contributed by atoms with Gasteiger partial charge in [-0.1, -0.05) is 18.2 Å². The molecule has 3 nitrogen and oxygen atoms in total. The predicted octanol–water partition coefficient (Wildman–Crippen LogP) is 3.94. The molecule has 3 rings (SSSR count). The maximum absolute atomic E-state index is 12.8. The van der Waals surface area contributed by atoms with E-state index in [9.17, 15) is 18.0 Å². The summed E-state index contributed by atoms with van der Waals surface area (Å²) in [6.07, 6.45) is -0.823. The number of carbonyl (C=O) groups excluding carboxylic acids is 1. The number of amides is 1. The van der Waals surface area contributed by atoms with Gasteiger partial charge in [0.15, 0.2) is 0 Å². The van der Waals surface area contributed by atoms with Crippen LogP contribution in [-0.2, 0) is 17.4 Å². The number of benzene rings is 1. The summed E-state index contributed by atoms with van der Waals surface area (Å²) < 4.78 is 38.3. The molecule has 1 amide bonds. The first-order valence-corrected chi connectivity index (χ1v) is 7.54. The molecule has 1 aliphatic heterocycles. The van der Waals surface area contributed by atoms with Gasteiger partial charge < -0.3 is 9.88 Å². The minimum Gasteiger partial charge on any atom is -0.363 e. The van der Waals surface area contributed by atoms with Crippen molar-refractivity contribution >= 4 is 5.91 Å². The lowest BCUT2D eigenvalue weighted by Crippen LogP contribution is -2.32. The van der Waals surface area contributed by atoms with Gasteiger partial charge in [0.25, 0.3) is 0 Å². The zero-order valence-electron chi connectivity index (χ0n) is 12.4. The van der Waals surface area contributed by atoms with Gasteiger partial charge in [-0.25, -0.2) is 0 Å². The molecule has 1 aromatic carbocycles. The van der Waals surface area contributed by atoms with E-state index in [1.165, 1.54) is 6.07 Å². The van der Waals surface area contributed by atoms with Crippen molar-refractivity contribution in [1.82, 2.24) is 9.88 Å². The smallest absolute Gasteiger partial charge is 0.363 e. The van der Waals surface area contributed by atoms with Crippen LogP contribution in [-0.4, -0.2) is 22.3 Å². The van der Waals surface area contributed by atoms with Gasteiger partial charge in [0, 0.05) is 18.4 Å². The summed E-state index contributed by atoms with van der Waals surface area (Å²) in [5, 5.41) is 0. The average molecular weight is 322 g/mol. The topological polar surface area (TPSA) is 36.1 Å². The Morgan fingerprint density at radius 2 is 2.09 bits per heavy atom. The molecule has 1 saturated heterocycles. The second-order valence-corrected chi connectivity index (χ2v) is 5.75. The van der Waals surface area contributed by atoms with Crippen molar-refractivity contribution in [2.24, 2.45) is 0 Å². The SMILES string of the molecule is O=C(Cc1cccc(C(F)(F)F)c1)N1CCC[C@@H]1c1ccc[nH]1. The first-order valence-electron chi connectivity index (χ1n) is 7.54. The molecular formula is C17H17F3N2O. The van der Waals surface area contributed by atoms with E-state index in [1.54, 1.807) is 11.0 Å². The molecule has 1 atom stereocenters. The molecule has 0 unspecified atom stereocenters. The average Bonchev–Trinajstić information content (AvgIpc) is 3.17. The summed E-state index contributed by atoms with van der Waals surface area (Å²) in [6, 6.07) is 8.78. The van der Waals surface area contributed by atoms with E-state index in [2.05, 4.69) is 4.98 Å². The normalized spacial score (nSPS) is 18.4. The number of hydrogen-bond acceptors (Lipinski definition) is 1. The third-order valence-corrected chi connectivity index (χ3v) is 4.16. The Balaban J connectivity index is 1.74. The van der Waals surface area contributed by atoms with Crippen molar-refractivity contribution in [2.45, 2.75) is 31.5 Å². The summed E-state index contributed by atoms with van der Waals surface area (Å²) in [4.78, 5) is 17.4. The lowest BCUT2D eigenvalue weighted by molar-refractivity contribution is -0.138. The molecule has 0 saturated carbocycles. The fourth-order valence-electron chi connectivity index (χ4n) is 3.07. The van der Waals surface area contributed by atoms with Crippen LogP contribution in [0.2, 0.25) is 0 Å². The highest BCUT2D eigenvalue weighted by Crippen LogP contribution is 2.32. The first kappa shape index (κ1) is 15.6. The number of rotatable bonds is 3. The van der Waals surface area contributed by atoms with Crippen LogP contribution in [0.4, 0.5) is 13.2 Å². The van der Waals surface area contributed by atoms with Crippen molar-refractivity contribution in [3.05, 3.63) is 59.4 Å². The standard InChI is InChI=1S/C17H17F3N2O/c18-17(19,20)13-5-1-4-12(10-13)11-16(23)22-9-3-7-15(22)14-6-2-8-21-14/h1-2,4-6,8,10,15,21H,3,7,9,11H2/t15-/m1/s1. The Morgan fingerprint density at radius 1 is 1.26 bits per heavy atom. The molecule has 2 heterocycles. The summed E-state index contributed by atoms with van der Waals surface area (Å²) in [5.74, 6) is -0.138. The number of alkyl halides is 3. The van der Waals surface area contributed by atoms with Gasteiger partial charge in [-0.3, -0.25) is 4.79 Å². The molecule has 0 radical (unpaired) electrons. The lowest BCUT2D eigenvalue weighted by atomic mass is 10.1. The predicted molar refractivity (Wildman–Crippen MR) is 79.6 cm³/mol. The van der Waals surface area contributed by atoms with Gasteiger partial charge in [-0.15, -0.1) is 0 Å². The van der Waals surface area contributed by atoms with E-state index in [0.717, 1.165) is 30.7 Å². The minimum atomic E-state index is -4.39. The fraction of sp³-hybridized carbons (Fsp3) is 0.353. The van der Waals surface area contributed by atoms with Crippen LogP contribution < -0.4 is 0 Å². The molecule has 2 aromatic rings. The van der Waals surface area contributed by atoms with Crippen LogP contribution in [0.3, 0.4) is 0 Å². The Morgan fingerprint density at radius 3 is 2.78 bits per heavy atom. The van der Waals surface area contributed by atoms with E-state index in [1.807, 2.05) is 18.3 Å². The van der Waals surface area contributed by atoms with Crippen molar-refractivity contribution in [1.29, 1.82) is 0 Å². The van der Waals surface area contributed by atoms with E-state index in [0.29, 0.717) is 12.1 Å². The van der Waals surface area contributed by atoms with Gasteiger partial charge in [0.05, 0.1) is 18.0 Å². The van der Waals surface area contributed by atoms with Crippen LogP contribution in [0, 0.1) is 0 Å². The fourth-order valence-corrected chi connectivity index (χ4v) is 3.07. The van der Waals surface area contributed by atoms with Gasteiger partial charge in [0.2, 0.25) is 5.91 Å². The van der Waals surface area contributed by atoms with Gasteiger partial charge in [-0.05, 0) is 36.6 Å². The van der Waals surface area contributed by atoms with Gasteiger partial charge >= 0.3 is 6.18 Å². The third kappa shape index (κ3) is 3.41. The number of likely N-dealkylation sites (tertiary alicyclic amines) is 1. The van der Waals surface area contributed by atoms with Gasteiger partial charge in [-0.2, -0.15) is 13.2 Å². The van der Waals surface area contributed by atoms with Crippen LogP contribution in [0.5, 0.6) is 0 Å². The molecular weight excluding hydrogens is 305 g/mol. The summed E-state index contributed by atoms with van der Waals surface area (Å²) in [6.45, 7) is 0.640. The van der Waals surface area contributed by atoms with E-state index >= 15 is 0 Å². The molecule has 1 N–H and O–H groups in total. The Kier molecular flexibility index (Phi) is 4.15. The first-order chi connectivity index (χ1) is 10.9. The third-order valence-electron chi connectivity index (χ3n) is 4.16. The summed E-state index contributed by atoms with van der Waals surface area (Å²) in [7, 11) is 0. The van der Waals surface area contributed by atoms with E-state index in [4.69, 9.17) is 0 Å². The summed E-state index contributed by atoms with van der Waals surface area (Å²) in [5.41, 5.74) is 0.645. The van der Waals surface area contributed by atoms with Crippen molar-refractivity contribution in [3.8, 4) is 0 Å². The van der Waals surface area contributed by atoms with Crippen LogP contribution in [0.25, 0.3) is 0 Å².